The number of amides is 1. The number of methoxy groups -OCH3 is 1. The number of hydrogen-bond acceptors (Lipinski definition) is 4. The first-order chi connectivity index (χ1) is 11.2. The molecule has 3 rings (SSSR count). The summed E-state index contributed by atoms with van der Waals surface area (Å²) in [4.78, 5) is 26.3. The second-order valence-electron chi connectivity index (χ2n) is 5.94. The number of nitrogens with one attached hydrogen (secondary N) is 1. The van der Waals surface area contributed by atoms with Crippen molar-refractivity contribution in [2.45, 2.75) is 32.4 Å². The molecule has 1 amide bonds. The van der Waals surface area contributed by atoms with Gasteiger partial charge in [-0.1, -0.05) is 25.1 Å². The molecule has 0 spiro atoms. The maximum Gasteiger partial charge on any atom is 0.328 e. The van der Waals surface area contributed by atoms with Crippen molar-refractivity contribution in [3.8, 4) is 0 Å². The van der Waals surface area contributed by atoms with Crippen LogP contribution in [0.4, 0.5) is 0 Å². The molecule has 5 heteroatoms. The monoisotopic (exact) mass is 314 g/mol. The molecule has 5 nitrogen and oxygen atoms in total. The molecule has 1 unspecified atom stereocenters. The molecule has 1 aromatic rings. The largest absolute Gasteiger partial charge is 0.467 e. The fraction of sp³-hybridized carbons (Fsp3) is 0.444. The van der Waals surface area contributed by atoms with E-state index in [-0.39, 0.29) is 11.9 Å². The molecule has 23 heavy (non-hydrogen) atoms. The van der Waals surface area contributed by atoms with Crippen molar-refractivity contribution in [1.29, 1.82) is 0 Å². The van der Waals surface area contributed by atoms with Gasteiger partial charge in [-0.05, 0) is 42.2 Å². The Morgan fingerprint density at radius 2 is 2.26 bits per heavy atom. The van der Waals surface area contributed by atoms with Gasteiger partial charge in [0.25, 0.3) is 5.91 Å². The molecule has 1 atom stereocenters. The first-order valence-corrected chi connectivity index (χ1v) is 8.07. The molecule has 0 saturated carbocycles. The van der Waals surface area contributed by atoms with Gasteiger partial charge in [0.15, 0.2) is 0 Å². The minimum Gasteiger partial charge on any atom is -0.467 e. The number of nitrogens with zero attached hydrogens (tertiary/aromatic N) is 1. The summed E-state index contributed by atoms with van der Waals surface area (Å²) in [6.45, 7) is 4.20. The highest BCUT2D eigenvalue weighted by Gasteiger charge is 2.36. The van der Waals surface area contributed by atoms with E-state index in [0.717, 1.165) is 30.6 Å². The van der Waals surface area contributed by atoms with Crippen LogP contribution in [0.2, 0.25) is 0 Å². The molecule has 2 aliphatic rings. The van der Waals surface area contributed by atoms with Crippen LogP contribution in [0, 0.1) is 0 Å². The van der Waals surface area contributed by atoms with E-state index < -0.39 is 6.04 Å². The first-order valence-electron chi connectivity index (χ1n) is 8.07. The standard InChI is InChI=1S/C18H22N2O3/c1-3-16(18(22)23-2)20-11-14-5-4-13(10-15(14)17(20)21)12-6-8-19-9-7-12/h4-6,10,16,19H,3,7-9,11H2,1-2H3. The molecule has 2 aliphatic heterocycles. The summed E-state index contributed by atoms with van der Waals surface area (Å²) < 4.78 is 4.83. The number of carbonyl (C=O) groups is 2. The van der Waals surface area contributed by atoms with Crippen molar-refractivity contribution in [3.05, 3.63) is 41.0 Å². The minimum absolute atomic E-state index is 0.0753. The van der Waals surface area contributed by atoms with Gasteiger partial charge in [0.05, 0.1) is 7.11 Å². The lowest BCUT2D eigenvalue weighted by molar-refractivity contribution is -0.146. The van der Waals surface area contributed by atoms with Crippen LogP contribution in [-0.4, -0.2) is 43.0 Å². The Morgan fingerprint density at radius 1 is 1.43 bits per heavy atom. The molecular formula is C18H22N2O3. The lowest BCUT2D eigenvalue weighted by Crippen LogP contribution is -2.41. The van der Waals surface area contributed by atoms with Gasteiger partial charge in [0.1, 0.15) is 6.04 Å². The van der Waals surface area contributed by atoms with E-state index in [1.165, 1.54) is 12.7 Å². The highest BCUT2D eigenvalue weighted by Crippen LogP contribution is 2.30. The second kappa shape index (κ2) is 6.54. The maximum absolute atomic E-state index is 12.7. The van der Waals surface area contributed by atoms with Crippen molar-refractivity contribution in [2.75, 3.05) is 20.2 Å². The Balaban J connectivity index is 1.88. The van der Waals surface area contributed by atoms with Gasteiger partial charge in [-0.15, -0.1) is 0 Å². The Kier molecular flexibility index (Phi) is 4.48. The summed E-state index contributed by atoms with van der Waals surface area (Å²) in [7, 11) is 1.36. The van der Waals surface area contributed by atoms with Gasteiger partial charge in [0.2, 0.25) is 0 Å². The van der Waals surface area contributed by atoms with Crippen molar-refractivity contribution in [1.82, 2.24) is 10.2 Å². The zero-order valence-corrected chi connectivity index (χ0v) is 13.6. The molecule has 0 radical (unpaired) electrons. The van der Waals surface area contributed by atoms with Crippen LogP contribution in [0.15, 0.2) is 24.3 Å². The molecular weight excluding hydrogens is 292 g/mol. The van der Waals surface area contributed by atoms with Crippen LogP contribution in [0.1, 0.15) is 41.3 Å². The van der Waals surface area contributed by atoms with Crippen molar-refractivity contribution >= 4 is 17.4 Å². The zero-order chi connectivity index (χ0) is 16.4. The number of carbonyl (C=O) groups excluding carboxylic acids is 2. The van der Waals surface area contributed by atoms with Crippen molar-refractivity contribution in [2.24, 2.45) is 0 Å². The van der Waals surface area contributed by atoms with Gasteiger partial charge >= 0.3 is 5.97 Å². The molecule has 122 valence electrons. The number of rotatable bonds is 4. The number of esters is 1. The van der Waals surface area contributed by atoms with Gasteiger partial charge in [0, 0.05) is 18.7 Å². The van der Waals surface area contributed by atoms with Gasteiger partial charge < -0.3 is 15.0 Å². The van der Waals surface area contributed by atoms with Crippen molar-refractivity contribution < 1.29 is 14.3 Å². The maximum atomic E-state index is 12.7. The molecule has 0 aromatic heterocycles. The van der Waals surface area contributed by atoms with E-state index >= 15 is 0 Å². The Morgan fingerprint density at radius 3 is 2.91 bits per heavy atom. The molecule has 1 aromatic carbocycles. The number of fused-ring (bicyclic) bond motifs is 1. The summed E-state index contributed by atoms with van der Waals surface area (Å²) >= 11 is 0. The third-order valence-electron chi connectivity index (χ3n) is 4.61. The van der Waals surface area contributed by atoms with Crippen LogP contribution in [0.3, 0.4) is 0 Å². The van der Waals surface area contributed by atoms with E-state index in [2.05, 4.69) is 17.5 Å². The third-order valence-corrected chi connectivity index (χ3v) is 4.61. The van der Waals surface area contributed by atoms with E-state index in [0.29, 0.717) is 18.5 Å². The van der Waals surface area contributed by atoms with Gasteiger partial charge in [-0.25, -0.2) is 4.79 Å². The first kappa shape index (κ1) is 15.7. The molecule has 0 saturated heterocycles. The normalized spacial score (nSPS) is 18.4. The van der Waals surface area contributed by atoms with Crippen molar-refractivity contribution in [3.63, 3.8) is 0 Å². The average Bonchev–Trinajstić information content (AvgIpc) is 2.92. The van der Waals surface area contributed by atoms with E-state index in [1.807, 2.05) is 19.1 Å². The average molecular weight is 314 g/mol. The third kappa shape index (κ3) is 2.88. The Bertz CT molecular complexity index is 666. The van der Waals surface area contributed by atoms with E-state index in [4.69, 9.17) is 4.74 Å². The van der Waals surface area contributed by atoms with Gasteiger partial charge in [-0.3, -0.25) is 4.79 Å². The fourth-order valence-electron chi connectivity index (χ4n) is 3.31. The molecule has 0 aliphatic carbocycles. The van der Waals surface area contributed by atoms with Crippen LogP contribution in [0.25, 0.3) is 5.57 Å². The fourth-order valence-corrected chi connectivity index (χ4v) is 3.31. The van der Waals surface area contributed by atoms with Crippen LogP contribution < -0.4 is 5.32 Å². The Labute approximate surface area is 136 Å². The predicted octanol–water partition coefficient (Wildman–Crippen LogP) is 1.97. The summed E-state index contributed by atoms with van der Waals surface area (Å²) in [5, 5.41) is 3.29. The van der Waals surface area contributed by atoms with Crippen LogP contribution >= 0.6 is 0 Å². The number of ether oxygens (including phenoxy) is 1. The molecule has 0 fully saturated rings. The van der Waals surface area contributed by atoms with Gasteiger partial charge in [-0.2, -0.15) is 0 Å². The predicted molar refractivity (Wildman–Crippen MR) is 87.9 cm³/mol. The number of hydrogen-bond donors (Lipinski definition) is 1. The highest BCUT2D eigenvalue weighted by atomic mass is 16.5. The molecule has 2 heterocycles. The Hall–Kier alpha value is -2.14. The van der Waals surface area contributed by atoms with Crippen LogP contribution in [-0.2, 0) is 16.1 Å². The molecule has 0 bridgehead atoms. The topological polar surface area (TPSA) is 58.6 Å². The van der Waals surface area contributed by atoms with Crippen LogP contribution in [0.5, 0.6) is 0 Å². The lowest BCUT2D eigenvalue weighted by atomic mass is 9.97. The summed E-state index contributed by atoms with van der Waals surface area (Å²) in [6.07, 6.45) is 3.69. The number of benzene rings is 1. The summed E-state index contributed by atoms with van der Waals surface area (Å²) in [5.74, 6) is -0.427. The summed E-state index contributed by atoms with van der Waals surface area (Å²) in [5.41, 5.74) is 4.07. The minimum atomic E-state index is -0.513. The zero-order valence-electron chi connectivity index (χ0n) is 13.6. The summed E-state index contributed by atoms with van der Waals surface area (Å²) in [6, 6.07) is 5.54. The van der Waals surface area contributed by atoms with E-state index in [9.17, 15) is 9.59 Å². The highest BCUT2D eigenvalue weighted by molar-refractivity contribution is 6.01. The second-order valence-corrected chi connectivity index (χ2v) is 5.94. The lowest BCUT2D eigenvalue weighted by Gasteiger charge is -2.24. The van der Waals surface area contributed by atoms with E-state index in [1.54, 1.807) is 4.90 Å². The SMILES string of the molecule is CCC(C(=O)OC)N1Cc2ccc(C3=CCNCC3)cc2C1=O. The smallest absolute Gasteiger partial charge is 0.328 e. The molecule has 1 N–H and O–H groups in total. The quantitative estimate of drug-likeness (QED) is 0.863.